The molecule has 4 rings (SSSR count). The molecule has 1 amide bonds. The van der Waals surface area contributed by atoms with Crippen LogP contribution in [0.25, 0.3) is 5.65 Å². The lowest BCUT2D eigenvalue weighted by atomic mass is 10.2. The van der Waals surface area contributed by atoms with Crippen molar-refractivity contribution in [3.05, 3.63) is 35.7 Å². The second kappa shape index (κ2) is 4.99. The third-order valence-electron chi connectivity index (χ3n) is 3.20. The van der Waals surface area contributed by atoms with E-state index in [0.29, 0.717) is 11.3 Å². The topological polar surface area (TPSA) is 93.4 Å². The number of carbonyl (C=O) groups is 1. The lowest BCUT2D eigenvalue weighted by Gasteiger charge is -2.24. The predicted molar refractivity (Wildman–Crippen MR) is 79.7 cm³/mol. The van der Waals surface area contributed by atoms with E-state index in [1.807, 2.05) is 0 Å². The Morgan fingerprint density at radius 1 is 1.38 bits per heavy atom. The first-order chi connectivity index (χ1) is 11.4. The number of amides is 1. The van der Waals surface area contributed by atoms with Crippen molar-refractivity contribution < 1.29 is 18.3 Å². The van der Waals surface area contributed by atoms with Gasteiger partial charge in [-0.1, -0.05) is 11.6 Å². The zero-order chi connectivity index (χ0) is 16.9. The summed E-state index contributed by atoms with van der Waals surface area (Å²) in [5.41, 5.74) is 0.929. The summed E-state index contributed by atoms with van der Waals surface area (Å²) in [5.74, 6) is -1.45. The van der Waals surface area contributed by atoms with Crippen molar-refractivity contribution >= 4 is 40.5 Å². The predicted octanol–water partition coefficient (Wildman–Crippen LogP) is 2.45. The largest absolute Gasteiger partial charge is 0.482 e. The lowest BCUT2D eigenvalue weighted by Crippen LogP contribution is -2.43. The summed E-state index contributed by atoms with van der Waals surface area (Å²) in [6, 6.07) is 4.21. The molecule has 2 N–H and O–H groups in total. The molecule has 0 radical (unpaired) electrons. The van der Waals surface area contributed by atoms with Crippen LogP contribution < -0.4 is 15.4 Å². The third kappa shape index (κ3) is 2.36. The van der Waals surface area contributed by atoms with Gasteiger partial charge in [-0.05, 0) is 18.2 Å². The summed E-state index contributed by atoms with van der Waals surface area (Å²) < 4.78 is 32.2. The summed E-state index contributed by atoms with van der Waals surface area (Å²) in [5, 5.41) is 9.30. The number of halogens is 3. The second-order valence-corrected chi connectivity index (χ2v) is 5.19. The van der Waals surface area contributed by atoms with Crippen molar-refractivity contribution in [2.75, 3.05) is 10.6 Å². The van der Waals surface area contributed by atoms with Gasteiger partial charge in [0.15, 0.2) is 16.5 Å². The molecule has 1 aliphatic rings. The summed E-state index contributed by atoms with van der Waals surface area (Å²) in [6.45, 7) is 0. The van der Waals surface area contributed by atoms with Crippen molar-refractivity contribution in [2.45, 2.75) is 6.11 Å². The van der Waals surface area contributed by atoms with Crippen molar-refractivity contribution in [1.82, 2.24) is 19.6 Å². The molecule has 2 aromatic heterocycles. The van der Waals surface area contributed by atoms with E-state index < -0.39 is 12.0 Å². The monoisotopic (exact) mass is 352 g/mol. The quantitative estimate of drug-likeness (QED) is 0.736. The molecular formula is C13H7ClF2N6O2. The Bertz CT molecular complexity index is 976. The molecule has 1 aliphatic heterocycles. The highest BCUT2D eigenvalue weighted by Gasteiger charge is 2.46. The number of nitrogens with zero attached hydrogens (tertiary/aromatic N) is 4. The van der Waals surface area contributed by atoms with E-state index in [-0.39, 0.29) is 22.5 Å². The first kappa shape index (κ1) is 14.6. The van der Waals surface area contributed by atoms with Gasteiger partial charge in [0.1, 0.15) is 0 Å². The van der Waals surface area contributed by atoms with Gasteiger partial charge in [-0.3, -0.25) is 4.79 Å². The van der Waals surface area contributed by atoms with Crippen LogP contribution in [0.3, 0.4) is 0 Å². The van der Waals surface area contributed by atoms with Crippen LogP contribution in [-0.2, 0) is 4.79 Å². The molecule has 122 valence electrons. The number of benzene rings is 1. The van der Waals surface area contributed by atoms with Gasteiger partial charge in [-0.15, -0.1) is 5.10 Å². The van der Waals surface area contributed by atoms with Crippen molar-refractivity contribution in [1.29, 1.82) is 0 Å². The molecule has 0 aliphatic carbocycles. The van der Waals surface area contributed by atoms with Crippen molar-refractivity contribution in [2.24, 2.45) is 0 Å². The van der Waals surface area contributed by atoms with E-state index in [1.165, 1.54) is 28.9 Å². The molecule has 0 spiro atoms. The number of rotatable bonds is 2. The molecule has 0 fully saturated rings. The van der Waals surface area contributed by atoms with Crippen LogP contribution in [0.2, 0.25) is 5.15 Å². The Hall–Kier alpha value is -3.01. The third-order valence-corrected chi connectivity index (χ3v) is 3.46. The molecule has 0 atom stereocenters. The molecular weight excluding hydrogens is 346 g/mol. The average molecular weight is 353 g/mol. The van der Waals surface area contributed by atoms with E-state index in [0.717, 1.165) is 0 Å². The summed E-state index contributed by atoms with van der Waals surface area (Å²) in [4.78, 5) is 19.3. The summed E-state index contributed by atoms with van der Waals surface area (Å²) >= 11 is 5.91. The Kier molecular flexibility index (Phi) is 3.03. The Morgan fingerprint density at radius 2 is 2.21 bits per heavy atom. The minimum Gasteiger partial charge on any atom is -0.423 e. The first-order valence-electron chi connectivity index (χ1n) is 6.59. The fraction of sp³-hybridized carbons (Fsp3) is 0.0769. The van der Waals surface area contributed by atoms with E-state index in [2.05, 4.69) is 30.4 Å². The van der Waals surface area contributed by atoms with Crippen molar-refractivity contribution in [3.63, 3.8) is 0 Å². The molecule has 3 heterocycles. The standard InChI is InChI=1S/C13H7ClF2N6O2/c14-9-10-20-12(21-22(10)4-3-17-9)18-6-1-2-8-7(5-6)19-11(23)13(15,16)24-8/h1-5H,(H,18,21)(H,19,23). The van der Waals surface area contributed by atoms with E-state index in [9.17, 15) is 13.6 Å². The van der Waals surface area contributed by atoms with E-state index in [1.54, 1.807) is 6.20 Å². The van der Waals surface area contributed by atoms with E-state index >= 15 is 0 Å². The zero-order valence-corrected chi connectivity index (χ0v) is 12.4. The summed E-state index contributed by atoms with van der Waals surface area (Å²) in [7, 11) is 0. The highest BCUT2D eigenvalue weighted by atomic mass is 35.5. The molecule has 3 aromatic rings. The van der Waals surface area contributed by atoms with Gasteiger partial charge in [0.2, 0.25) is 5.95 Å². The number of alkyl halides is 2. The van der Waals surface area contributed by atoms with E-state index in [4.69, 9.17) is 11.6 Å². The smallest absolute Gasteiger partial charge is 0.423 e. The molecule has 11 heteroatoms. The van der Waals surface area contributed by atoms with Crippen LogP contribution in [0.1, 0.15) is 0 Å². The molecule has 1 aromatic carbocycles. The highest BCUT2D eigenvalue weighted by molar-refractivity contribution is 6.32. The number of ether oxygens (including phenoxy) is 1. The zero-order valence-electron chi connectivity index (χ0n) is 11.6. The Balaban J connectivity index is 1.65. The van der Waals surface area contributed by atoms with Gasteiger partial charge in [0.25, 0.3) is 0 Å². The molecule has 0 unspecified atom stereocenters. The van der Waals surface area contributed by atoms with Crippen LogP contribution in [0, 0.1) is 0 Å². The maximum absolute atomic E-state index is 13.2. The van der Waals surface area contributed by atoms with Gasteiger partial charge < -0.3 is 15.4 Å². The van der Waals surface area contributed by atoms with Gasteiger partial charge in [0.05, 0.1) is 5.69 Å². The number of hydrogen-bond acceptors (Lipinski definition) is 6. The number of hydrogen-bond donors (Lipinski definition) is 2. The van der Waals surface area contributed by atoms with Crippen molar-refractivity contribution in [3.8, 4) is 5.75 Å². The average Bonchev–Trinajstić information content (AvgIpc) is 2.93. The van der Waals surface area contributed by atoms with Crippen LogP contribution in [0.5, 0.6) is 5.75 Å². The Morgan fingerprint density at radius 3 is 3.00 bits per heavy atom. The van der Waals surface area contributed by atoms with Crippen LogP contribution in [0.15, 0.2) is 30.6 Å². The Labute approximate surface area is 137 Å². The molecule has 0 bridgehead atoms. The highest BCUT2D eigenvalue weighted by Crippen LogP contribution is 2.37. The maximum atomic E-state index is 13.2. The fourth-order valence-corrected chi connectivity index (χ4v) is 2.33. The molecule has 24 heavy (non-hydrogen) atoms. The first-order valence-corrected chi connectivity index (χ1v) is 6.96. The number of aromatic nitrogens is 4. The van der Waals surface area contributed by atoms with Gasteiger partial charge in [0, 0.05) is 18.1 Å². The normalized spacial score (nSPS) is 15.5. The fourth-order valence-electron chi connectivity index (χ4n) is 2.14. The number of anilines is 3. The van der Waals surface area contributed by atoms with Crippen LogP contribution in [0.4, 0.5) is 26.1 Å². The number of fused-ring (bicyclic) bond motifs is 2. The SMILES string of the molecule is O=C1Nc2cc(Nc3nc4c(Cl)nccn4n3)ccc2OC1(F)F. The minimum atomic E-state index is -3.89. The van der Waals surface area contributed by atoms with Gasteiger partial charge in [-0.25, -0.2) is 9.50 Å². The van der Waals surface area contributed by atoms with Gasteiger partial charge in [-0.2, -0.15) is 13.8 Å². The molecule has 8 nitrogen and oxygen atoms in total. The molecule has 0 saturated carbocycles. The van der Waals surface area contributed by atoms with Crippen LogP contribution in [-0.4, -0.2) is 31.6 Å². The second-order valence-electron chi connectivity index (χ2n) is 4.83. The van der Waals surface area contributed by atoms with Crippen LogP contribution >= 0.6 is 11.6 Å². The minimum absolute atomic E-state index is 0.111. The molecule has 0 saturated heterocycles. The number of carbonyl (C=O) groups excluding carboxylic acids is 1. The summed E-state index contributed by atoms with van der Waals surface area (Å²) in [6.07, 6.45) is -0.850. The number of nitrogens with one attached hydrogen (secondary N) is 2. The lowest BCUT2D eigenvalue weighted by molar-refractivity contribution is -0.189. The maximum Gasteiger partial charge on any atom is 0.482 e. The van der Waals surface area contributed by atoms with Gasteiger partial charge >= 0.3 is 12.0 Å².